The average Bonchev–Trinajstić information content (AvgIpc) is 0.823. The maximum absolute atomic E-state index is 11.7. The first-order valence-corrected chi connectivity index (χ1v) is 43.4. The first-order chi connectivity index (χ1) is 52.9. The van der Waals surface area contributed by atoms with Crippen LogP contribution < -0.4 is 64.4 Å². The van der Waals surface area contributed by atoms with E-state index in [-0.39, 0.29) is 111 Å². The third kappa shape index (κ3) is 73.1. The third-order valence-electron chi connectivity index (χ3n) is 16.5. The summed E-state index contributed by atoms with van der Waals surface area (Å²) in [6, 6.07) is 48.1. The molecule has 3 atom stereocenters. The summed E-state index contributed by atoms with van der Waals surface area (Å²) in [7, 11) is -2.12. The van der Waals surface area contributed by atoms with E-state index < -0.39 is 26.3 Å². The van der Waals surface area contributed by atoms with Gasteiger partial charge in [0.25, 0.3) is 10.1 Å². The van der Waals surface area contributed by atoms with Gasteiger partial charge in [-0.15, -0.1) is 34.8 Å². The second-order valence-corrected chi connectivity index (χ2v) is 30.0. The number of carbonyl (C=O) groups excluding carboxylic acids is 2. The molecule has 33 heteroatoms. The van der Waals surface area contributed by atoms with E-state index in [0.717, 1.165) is 99.5 Å². The topological polar surface area (TPSA) is 311 Å². The molecule has 3 unspecified atom stereocenters. The van der Waals surface area contributed by atoms with Crippen molar-refractivity contribution in [2.24, 2.45) is 5.11 Å². The number of ketones is 2. The smallest absolute Gasteiger partial charge is 1.00 e. The summed E-state index contributed by atoms with van der Waals surface area (Å²) in [6.07, 6.45) is 11.5. The number of aliphatic hydroxyl groups excluding tert-OH is 3. The van der Waals surface area contributed by atoms with Gasteiger partial charge in [0, 0.05) is 87.2 Å². The second kappa shape index (κ2) is 85.6. The Bertz CT molecular complexity index is 3190. The summed E-state index contributed by atoms with van der Waals surface area (Å²) in [6.45, 7) is 37.9. The van der Waals surface area contributed by atoms with Crippen LogP contribution in [0.4, 0.5) is 4.39 Å². The number of azide groups is 1. The molecule has 625 valence electrons. The van der Waals surface area contributed by atoms with Gasteiger partial charge in [-0.3, -0.25) is 23.1 Å². The molecule has 3 radical (unpaired) electrons. The van der Waals surface area contributed by atoms with E-state index in [1.165, 1.54) is 129 Å². The molecule has 0 spiro atoms. The standard InChI is InChI=1S/C13H19NO3S.C12H16N4.C12H17NO.C12H15NO.C9H9ClO.2C6H15N.C3H7N.C2H6O.CH2Cl2.CH3ClO2S.CH3F.CH4O.B.N3.2Na.H/c1-18(15,16)17-13(8-11-14-9-5-10-14)12-6-3-2-4-7-12;13-15-14-12(7-10-16-8-4-9-16)11-5-2-1-3-6-11;2*14-12(7-10-13-8-4-9-13)11-5-2-1-3-6-11;10-7-6-9(11)8-4-2-1-3-5-8;2*1-4-7(5-2)6-3;1-2-4-3-1;1-2-3;2-1-3;1-5(2,3)4;2*1-2;;1-3-2;;;/h2-4,6-7,13H,5,8-11H2,1H3;1-3,5-6,12H,4,7-10H2;1-3,5-6,12,14H,4,7-10H2;1-3,5-6H,4,7-10H2;1-5H,6-7H2;2*4-6H2,1-3H3;4H,1-3H2;3H,2H2,1H3;1H2;1H3;1H3;2H,1H3;;;;;/q;;;;;;;;;;;;;;-1;2*+1;-1/i;;;;;;;;;;;1D;;;;;;. The van der Waals surface area contributed by atoms with Crippen molar-refractivity contribution in [3.63, 3.8) is 0 Å². The molecule has 0 aromatic heterocycles. The van der Waals surface area contributed by atoms with Crippen LogP contribution in [0.2, 0.25) is 0 Å². The zero-order valence-corrected chi connectivity index (χ0v) is 77.7. The van der Waals surface area contributed by atoms with Crippen molar-refractivity contribution in [1.29, 1.82) is 0 Å². The molecule has 0 saturated carbocycles. The monoisotopic (exact) mass is 1700 g/mol. The van der Waals surface area contributed by atoms with E-state index in [4.69, 9.17) is 67.2 Å². The molecule has 4 N–H and O–H groups in total. The summed E-state index contributed by atoms with van der Waals surface area (Å²) in [5, 5.41) is 31.6. The summed E-state index contributed by atoms with van der Waals surface area (Å²) in [4.78, 5) is 41.4. The van der Waals surface area contributed by atoms with E-state index in [9.17, 15) is 35.9 Å². The number of alkyl halides is 4. The number of nitrogens with one attached hydrogen (secondary N) is 1. The predicted molar refractivity (Wildman–Crippen MR) is 461 cm³/mol. The number of aliphatic hydroxyl groups is 3. The van der Waals surface area contributed by atoms with Gasteiger partial charge in [-0.25, -0.2) is 8.42 Å². The number of hydrogen-bond donors (Lipinski definition) is 4. The van der Waals surface area contributed by atoms with Gasteiger partial charge in [0.1, 0.15) is 6.10 Å². The van der Waals surface area contributed by atoms with Gasteiger partial charge in [0.2, 0.25) is 9.05 Å². The van der Waals surface area contributed by atoms with Crippen LogP contribution in [-0.2, 0) is 23.4 Å². The first kappa shape index (κ1) is 120. The minimum absolute atomic E-state index is 0. The average molecular weight is 1710 g/mol. The van der Waals surface area contributed by atoms with Crippen molar-refractivity contribution in [3.8, 4) is 0 Å². The van der Waals surface area contributed by atoms with E-state index in [1.54, 1.807) is 19.1 Å². The van der Waals surface area contributed by atoms with Crippen LogP contribution >= 0.6 is 45.5 Å². The Morgan fingerprint density at radius 3 is 1.09 bits per heavy atom. The third-order valence-corrected chi connectivity index (χ3v) is 17.3. The maximum atomic E-state index is 11.7. The Morgan fingerprint density at radius 1 is 0.562 bits per heavy atom. The van der Waals surface area contributed by atoms with Gasteiger partial charge in [-0.2, -0.15) is 8.42 Å². The molecular weight excluding hydrogens is 1570 g/mol. The summed E-state index contributed by atoms with van der Waals surface area (Å²) < 4.78 is 62.1. The number of rotatable bonds is 28. The van der Waals surface area contributed by atoms with Gasteiger partial charge in [-0.1, -0.05) is 198 Å². The van der Waals surface area contributed by atoms with Crippen LogP contribution in [0.25, 0.3) is 26.4 Å². The first-order valence-electron chi connectivity index (χ1n) is 38.0. The zero-order valence-electron chi connectivity index (χ0n) is 71.1. The van der Waals surface area contributed by atoms with Gasteiger partial charge < -0.3 is 62.5 Å². The Hall–Kier alpha value is -3.33. The minimum atomic E-state index is -3.43. The van der Waals surface area contributed by atoms with Crippen molar-refractivity contribution in [3.05, 3.63) is 206 Å². The molecule has 5 aliphatic heterocycles. The van der Waals surface area contributed by atoms with E-state index in [2.05, 4.69) is 97.0 Å². The van der Waals surface area contributed by atoms with Crippen LogP contribution in [0, 0.1) is 0 Å². The number of hydrogen-bond acceptors (Lipinski definition) is 18. The van der Waals surface area contributed by atoms with Gasteiger partial charge in [-0.05, 0) is 192 Å². The zero-order chi connectivity index (χ0) is 83.5. The molecule has 5 aliphatic rings. The normalized spacial score (nSPS) is 14.0. The number of Topliss-reactive ketones (excluding diaryl/α,β-unsaturated/α-hetero) is 2. The Morgan fingerprint density at radius 2 is 0.830 bits per heavy atom. The SMILES string of the molecule is C1CNC1.CCN(CC)CC.CCN(CC)CC.CCO.CO.CS(=O)(=O)Cl.CS(=O)(=O)OC(CCN1CCC1)c1ccccc1.ClCCl.O=C(CCCl)c1ccccc1.O=C(CCN1CCC1)c1ccccc1.OC(CCN1CCC1)c1ccccc1.[2H]CF.[B].[H-].[N-]=[N+]=NC(CCN1CCC1)c1ccccc1.[N-]=[N+]=[N-].[Na+].[Na+]. The van der Waals surface area contributed by atoms with E-state index in [1.807, 2.05) is 140 Å². The fourth-order valence-corrected chi connectivity index (χ4v) is 10.6. The van der Waals surface area contributed by atoms with Crippen LogP contribution in [-0.4, -0.2) is 257 Å². The van der Waals surface area contributed by atoms with Crippen LogP contribution in [0.15, 0.2) is 157 Å². The summed E-state index contributed by atoms with van der Waals surface area (Å²) in [5.74, 6) is 0.770. The van der Waals surface area contributed by atoms with E-state index in [0.29, 0.717) is 25.1 Å². The molecule has 0 amide bonds. The number of carbonyl (C=O) groups is 2. The quantitative estimate of drug-likeness (QED) is 0.00529. The fraction of sp³-hybridized carbons (Fsp3) is 0.595. The van der Waals surface area contributed by atoms with Crippen molar-refractivity contribution in [2.45, 2.75) is 131 Å². The van der Waals surface area contributed by atoms with Gasteiger partial charge >= 0.3 is 59.1 Å². The Labute approximate surface area is 742 Å². The number of halogens is 5. The van der Waals surface area contributed by atoms with Gasteiger partial charge in [0.15, 0.2) is 11.6 Å². The number of likely N-dealkylation sites (tertiary alicyclic amines) is 4. The second-order valence-electron chi connectivity index (χ2n) is 24.2. The van der Waals surface area contributed by atoms with Crippen molar-refractivity contribution >= 4 is 84.6 Å². The predicted octanol–water partition coefficient (Wildman–Crippen LogP) is 10.3. The van der Waals surface area contributed by atoms with Crippen molar-refractivity contribution < 1.29 is 112 Å². The molecule has 112 heavy (non-hydrogen) atoms. The van der Waals surface area contributed by atoms with Crippen LogP contribution in [0.5, 0.6) is 0 Å². The number of nitrogens with zero attached hydrogens (tertiary/aromatic N) is 12. The minimum Gasteiger partial charge on any atom is -1.00 e. The molecule has 5 fully saturated rings. The molecule has 23 nitrogen and oxygen atoms in total. The summed E-state index contributed by atoms with van der Waals surface area (Å²) in [5.41, 5.74) is 26.7. The molecule has 5 aromatic carbocycles. The van der Waals surface area contributed by atoms with Crippen molar-refractivity contribution in [1.82, 2.24) is 34.7 Å². The Balaban J connectivity index is -0.000000185. The molecule has 5 saturated heterocycles. The Kier molecular flexibility index (Phi) is 91.3. The molecule has 5 heterocycles. The van der Waals surface area contributed by atoms with Crippen molar-refractivity contribution in [2.75, 3.05) is 175 Å². The largest absolute Gasteiger partial charge is 1.00 e. The van der Waals surface area contributed by atoms with Gasteiger partial charge in [0.05, 0.1) is 38.5 Å². The number of benzene rings is 5. The maximum Gasteiger partial charge on any atom is 1.00 e. The molecular formula is C79H132BCl4FN13Na2O10S2. The van der Waals surface area contributed by atoms with Crippen LogP contribution in [0.1, 0.15) is 171 Å². The summed E-state index contributed by atoms with van der Waals surface area (Å²) >= 11 is 15.0. The molecule has 10 rings (SSSR count). The fourth-order valence-electron chi connectivity index (χ4n) is 9.75. The van der Waals surface area contributed by atoms with E-state index >= 15 is 0 Å². The molecule has 0 aliphatic carbocycles. The molecule has 5 aromatic rings. The van der Waals surface area contributed by atoms with Crippen LogP contribution in [0.3, 0.4) is 0 Å². The molecule has 0 bridgehead atoms.